The van der Waals surface area contributed by atoms with Crippen LogP contribution in [0.25, 0.3) is 29.0 Å². The molecular formula is C24H21N3O4S. The van der Waals surface area contributed by atoms with Gasteiger partial charge in [-0.2, -0.15) is 0 Å². The predicted octanol–water partition coefficient (Wildman–Crippen LogP) is 4.65. The van der Waals surface area contributed by atoms with Crippen molar-refractivity contribution in [2.24, 2.45) is 0 Å². The Labute approximate surface area is 188 Å². The van der Waals surface area contributed by atoms with E-state index in [0.29, 0.717) is 11.4 Å². The summed E-state index contributed by atoms with van der Waals surface area (Å²) in [6, 6.07) is 14.8. The molecule has 0 aliphatic rings. The number of aromatic amines is 1. The summed E-state index contributed by atoms with van der Waals surface area (Å²) in [5, 5.41) is 0. The van der Waals surface area contributed by atoms with Gasteiger partial charge in [0.2, 0.25) is 0 Å². The Morgan fingerprint density at radius 3 is 2.56 bits per heavy atom. The topological polar surface area (TPSA) is 89.3 Å². The summed E-state index contributed by atoms with van der Waals surface area (Å²) < 4.78 is 15.6. The van der Waals surface area contributed by atoms with Crippen molar-refractivity contribution in [1.29, 1.82) is 0 Å². The third-order valence-corrected chi connectivity index (χ3v) is 5.27. The highest BCUT2D eigenvalue weighted by Gasteiger charge is 2.15. The molecule has 7 nitrogen and oxygen atoms in total. The fraction of sp³-hybridized carbons (Fsp3) is 0.0833. The minimum absolute atomic E-state index is 0.450. The Kier molecular flexibility index (Phi) is 6.32. The van der Waals surface area contributed by atoms with Crippen molar-refractivity contribution in [3.63, 3.8) is 0 Å². The molecule has 2 aromatic heterocycles. The first kappa shape index (κ1) is 21.3. The van der Waals surface area contributed by atoms with Gasteiger partial charge in [-0.15, -0.1) is 0 Å². The van der Waals surface area contributed by atoms with E-state index in [0.717, 1.165) is 27.9 Å². The Bertz CT molecular complexity index is 1350. The van der Waals surface area contributed by atoms with Crippen molar-refractivity contribution < 1.29 is 9.15 Å². The Balaban J connectivity index is 1.83. The first-order valence-electron chi connectivity index (χ1n) is 9.73. The maximum atomic E-state index is 12.4. The van der Waals surface area contributed by atoms with E-state index in [1.807, 2.05) is 60.9 Å². The third-order valence-electron chi connectivity index (χ3n) is 4.83. The molecule has 4 rings (SSSR count). The SMILES string of the molecule is COc1c(/C=C/c2ccc(NSC)cc2)cc(-n2ccc(=O)[nH]c2=O)cc1-c1ccoc1. The fourth-order valence-electron chi connectivity index (χ4n) is 3.34. The highest BCUT2D eigenvalue weighted by atomic mass is 32.2. The first-order valence-corrected chi connectivity index (χ1v) is 11.0. The summed E-state index contributed by atoms with van der Waals surface area (Å²) >= 11 is 1.54. The number of rotatable bonds is 7. The number of aromatic nitrogens is 2. The number of nitrogens with one attached hydrogen (secondary N) is 2. The number of ether oxygens (including phenoxy) is 1. The van der Waals surface area contributed by atoms with Crippen LogP contribution >= 0.6 is 11.9 Å². The monoisotopic (exact) mass is 447 g/mol. The lowest BCUT2D eigenvalue weighted by atomic mass is 10.0. The zero-order chi connectivity index (χ0) is 22.5. The Morgan fingerprint density at radius 1 is 1.09 bits per heavy atom. The second-order valence-corrected chi connectivity index (χ2v) is 7.48. The standard InChI is InChI=1S/C24H21N3O4S/c1-30-23-17(6-3-16-4-7-19(8-5-16)26-32-2)13-20(14-21(23)18-10-12-31-15-18)27-11-9-22(28)25-24(27)29/h3-15,26H,1-2H3,(H,25,28,29)/b6-3+. The van der Waals surface area contributed by atoms with Crippen molar-refractivity contribution in [2.75, 3.05) is 18.1 Å². The number of nitrogens with zero attached hydrogens (tertiary/aromatic N) is 1. The molecule has 2 heterocycles. The number of hydrogen-bond acceptors (Lipinski definition) is 6. The van der Waals surface area contributed by atoms with E-state index in [1.54, 1.807) is 19.6 Å². The summed E-state index contributed by atoms with van der Waals surface area (Å²) in [6.07, 6.45) is 10.5. The molecule has 2 aromatic carbocycles. The molecule has 2 N–H and O–H groups in total. The van der Waals surface area contributed by atoms with E-state index in [9.17, 15) is 9.59 Å². The van der Waals surface area contributed by atoms with Crippen LogP contribution in [0.2, 0.25) is 0 Å². The highest BCUT2D eigenvalue weighted by Crippen LogP contribution is 2.36. The molecule has 8 heteroatoms. The molecule has 0 unspecified atom stereocenters. The van der Waals surface area contributed by atoms with Crippen molar-refractivity contribution >= 4 is 29.8 Å². The molecule has 0 bridgehead atoms. The Morgan fingerprint density at radius 2 is 1.91 bits per heavy atom. The van der Waals surface area contributed by atoms with Crippen LogP contribution in [0.3, 0.4) is 0 Å². The first-order chi connectivity index (χ1) is 15.6. The maximum absolute atomic E-state index is 12.4. The van der Waals surface area contributed by atoms with Gasteiger partial charge in [0.05, 0.1) is 25.3 Å². The molecule has 0 spiro atoms. The summed E-state index contributed by atoms with van der Waals surface area (Å²) in [5.74, 6) is 0.643. The zero-order valence-corrected chi connectivity index (χ0v) is 18.3. The molecule has 0 aliphatic heterocycles. The average molecular weight is 448 g/mol. The minimum atomic E-state index is -0.521. The lowest BCUT2D eigenvalue weighted by Gasteiger charge is -2.14. The molecule has 0 amide bonds. The van der Waals surface area contributed by atoms with Crippen LogP contribution < -0.4 is 20.7 Å². The van der Waals surface area contributed by atoms with E-state index < -0.39 is 11.2 Å². The highest BCUT2D eigenvalue weighted by molar-refractivity contribution is 7.99. The van der Waals surface area contributed by atoms with Crippen LogP contribution in [-0.4, -0.2) is 22.9 Å². The third kappa shape index (κ3) is 4.55. The van der Waals surface area contributed by atoms with E-state index >= 15 is 0 Å². The molecule has 0 fully saturated rings. The van der Waals surface area contributed by atoms with Gasteiger partial charge in [-0.25, -0.2) is 4.79 Å². The van der Waals surface area contributed by atoms with E-state index in [1.165, 1.54) is 28.8 Å². The smallest absolute Gasteiger partial charge is 0.332 e. The summed E-state index contributed by atoms with van der Waals surface area (Å²) in [5.41, 5.74) is 3.98. The van der Waals surface area contributed by atoms with Crippen LogP contribution in [0.15, 0.2) is 81.3 Å². The molecule has 0 aliphatic carbocycles. The lowest BCUT2D eigenvalue weighted by Crippen LogP contribution is -2.27. The second-order valence-electron chi connectivity index (χ2n) is 6.87. The quantitative estimate of drug-likeness (QED) is 0.317. The maximum Gasteiger partial charge on any atom is 0.332 e. The fourth-order valence-corrected chi connectivity index (χ4v) is 3.72. The van der Waals surface area contributed by atoms with E-state index in [4.69, 9.17) is 9.15 Å². The van der Waals surface area contributed by atoms with Crippen LogP contribution in [0.4, 0.5) is 5.69 Å². The number of H-pyrrole nitrogens is 1. The summed E-state index contributed by atoms with van der Waals surface area (Å²) in [6.45, 7) is 0. The average Bonchev–Trinajstić information content (AvgIpc) is 3.33. The van der Waals surface area contributed by atoms with Crippen molar-refractivity contribution in [1.82, 2.24) is 9.55 Å². The molecule has 0 saturated heterocycles. The van der Waals surface area contributed by atoms with Crippen LogP contribution in [0.5, 0.6) is 5.75 Å². The number of hydrogen-bond donors (Lipinski definition) is 2. The minimum Gasteiger partial charge on any atom is -0.495 e. The molecule has 0 saturated carbocycles. The molecule has 0 atom stereocenters. The van der Waals surface area contributed by atoms with Crippen molar-refractivity contribution in [2.45, 2.75) is 0 Å². The van der Waals surface area contributed by atoms with Crippen LogP contribution in [-0.2, 0) is 0 Å². The van der Waals surface area contributed by atoms with Gasteiger partial charge in [0.25, 0.3) is 5.56 Å². The number of methoxy groups -OCH3 is 1. The second kappa shape index (κ2) is 9.49. The van der Waals surface area contributed by atoms with Gasteiger partial charge in [0, 0.05) is 40.9 Å². The van der Waals surface area contributed by atoms with Crippen molar-refractivity contribution in [3.05, 3.63) is 99.2 Å². The van der Waals surface area contributed by atoms with E-state index in [2.05, 4.69) is 9.71 Å². The number of anilines is 1. The van der Waals surface area contributed by atoms with Gasteiger partial charge in [0.15, 0.2) is 0 Å². The van der Waals surface area contributed by atoms with Gasteiger partial charge in [-0.05, 0) is 35.9 Å². The van der Waals surface area contributed by atoms with Gasteiger partial charge in [-0.1, -0.05) is 36.2 Å². The normalized spacial score (nSPS) is 11.1. The van der Waals surface area contributed by atoms with Gasteiger partial charge >= 0.3 is 5.69 Å². The zero-order valence-electron chi connectivity index (χ0n) is 17.5. The van der Waals surface area contributed by atoms with Gasteiger partial charge in [0.1, 0.15) is 5.75 Å². The number of benzene rings is 2. The van der Waals surface area contributed by atoms with Gasteiger partial charge < -0.3 is 13.9 Å². The van der Waals surface area contributed by atoms with Crippen LogP contribution in [0.1, 0.15) is 11.1 Å². The summed E-state index contributed by atoms with van der Waals surface area (Å²) in [4.78, 5) is 26.2. The molecular weight excluding hydrogens is 426 g/mol. The molecule has 32 heavy (non-hydrogen) atoms. The summed E-state index contributed by atoms with van der Waals surface area (Å²) in [7, 11) is 1.60. The Hall–Kier alpha value is -3.91. The van der Waals surface area contributed by atoms with E-state index in [-0.39, 0.29) is 0 Å². The molecule has 0 radical (unpaired) electrons. The van der Waals surface area contributed by atoms with Gasteiger partial charge in [-0.3, -0.25) is 14.3 Å². The molecule has 162 valence electrons. The van der Waals surface area contributed by atoms with Crippen molar-refractivity contribution in [3.8, 4) is 22.6 Å². The van der Waals surface area contributed by atoms with Crippen LogP contribution in [0, 0.1) is 0 Å². The largest absolute Gasteiger partial charge is 0.495 e. The lowest BCUT2D eigenvalue weighted by molar-refractivity contribution is 0.415. The number of furan rings is 1. The molecule has 4 aromatic rings. The predicted molar refractivity (Wildman–Crippen MR) is 129 cm³/mol.